The third-order valence-corrected chi connectivity index (χ3v) is 3.08. The summed E-state index contributed by atoms with van der Waals surface area (Å²) in [5, 5.41) is 0. The first-order valence-electron chi connectivity index (χ1n) is 6.43. The largest absolute Gasteiger partial charge is 0.292 e. The molecule has 1 atom stereocenters. The van der Waals surface area contributed by atoms with Crippen LogP contribution in [0.4, 0.5) is 0 Å². The fourth-order valence-electron chi connectivity index (χ4n) is 2.15. The molecule has 0 radical (unpaired) electrons. The molecule has 0 spiro atoms. The van der Waals surface area contributed by atoms with Crippen molar-refractivity contribution in [2.75, 3.05) is 6.54 Å². The first-order valence-corrected chi connectivity index (χ1v) is 6.43. The second-order valence-electron chi connectivity index (χ2n) is 4.74. The zero-order chi connectivity index (χ0) is 12.8. The molecule has 1 aromatic rings. The second kappa shape index (κ2) is 6.55. The van der Waals surface area contributed by atoms with Crippen molar-refractivity contribution in [1.82, 2.24) is 4.90 Å². The first kappa shape index (κ1) is 13.9. The van der Waals surface area contributed by atoms with Crippen LogP contribution in [0.5, 0.6) is 0 Å². The van der Waals surface area contributed by atoms with Gasteiger partial charge in [-0.1, -0.05) is 37.3 Å². The van der Waals surface area contributed by atoms with Crippen LogP contribution in [-0.2, 0) is 0 Å². The summed E-state index contributed by atoms with van der Waals surface area (Å²) in [6.07, 6.45) is 1.07. The number of rotatable bonds is 6. The van der Waals surface area contributed by atoms with Gasteiger partial charge in [0.15, 0.2) is 5.78 Å². The van der Waals surface area contributed by atoms with Gasteiger partial charge in [-0.2, -0.15) is 0 Å². The van der Waals surface area contributed by atoms with E-state index in [0.29, 0.717) is 6.04 Å². The monoisotopic (exact) mass is 233 g/mol. The molecule has 0 aromatic heterocycles. The molecule has 0 saturated carbocycles. The van der Waals surface area contributed by atoms with E-state index < -0.39 is 0 Å². The Hall–Kier alpha value is -1.15. The van der Waals surface area contributed by atoms with Gasteiger partial charge < -0.3 is 0 Å². The molecule has 0 heterocycles. The average molecular weight is 233 g/mol. The van der Waals surface area contributed by atoms with Crippen LogP contribution >= 0.6 is 0 Å². The number of carbonyl (C=O) groups is 1. The number of nitrogens with zero attached hydrogens (tertiary/aromatic N) is 1. The maximum absolute atomic E-state index is 12.3. The van der Waals surface area contributed by atoms with E-state index in [-0.39, 0.29) is 11.8 Å². The Labute approximate surface area is 105 Å². The molecule has 0 bridgehead atoms. The van der Waals surface area contributed by atoms with Crippen LogP contribution in [0.2, 0.25) is 0 Å². The van der Waals surface area contributed by atoms with Gasteiger partial charge in [-0.3, -0.25) is 9.69 Å². The topological polar surface area (TPSA) is 20.3 Å². The highest BCUT2D eigenvalue weighted by Crippen LogP contribution is 2.12. The van der Waals surface area contributed by atoms with E-state index >= 15 is 0 Å². The van der Waals surface area contributed by atoms with Gasteiger partial charge in [0, 0.05) is 11.6 Å². The van der Waals surface area contributed by atoms with E-state index in [1.807, 2.05) is 37.3 Å². The molecule has 0 aliphatic rings. The van der Waals surface area contributed by atoms with Crippen LogP contribution < -0.4 is 0 Å². The SMILES string of the molecule is CCCN(C(C)C)C(C)C(=O)c1ccccc1. The number of carbonyl (C=O) groups excluding carboxylic acids is 1. The van der Waals surface area contributed by atoms with Crippen molar-refractivity contribution in [3.05, 3.63) is 35.9 Å². The number of hydrogen-bond acceptors (Lipinski definition) is 2. The standard InChI is InChI=1S/C15H23NO/c1-5-11-16(12(2)3)13(4)15(17)14-9-7-6-8-10-14/h6-10,12-13H,5,11H2,1-4H3. The maximum Gasteiger partial charge on any atom is 0.179 e. The molecule has 0 amide bonds. The summed E-state index contributed by atoms with van der Waals surface area (Å²) in [7, 11) is 0. The summed E-state index contributed by atoms with van der Waals surface area (Å²) in [5.74, 6) is 0.216. The minimum absolute atomic E-state index is 0.0441. The van der Waals surface area contributed by atoms with Crippen LogP contribution in [0.25, 0.3) is 0 Å². The highest BCUT2D eigenvalue weighted by Gasteiger charge is 2.23. The van der Waals surface area contributed by atoms with E-state index in [1.165, 1.54) is 0 Å². The molecule has 2 heteroatoms. The first-order chi connectivity index (χ1) is 8.07. The predicted molar refractivity (Wildman–Crippen MR) is 72.4 cm³/mol. The third-order valence-electron chi connectivity index (χ3n) is 3.08. The molecular formula is C15H23NO. The van der Waals surface area contributed by atoms with Crippen molar-refractivity contribution in [1.29, 1.82) is 0 Å². The van der Waals surface area contributed by atoms with E-state index in [1.54, 1.807) is 0 Å². The Morgan fingerprint density at radius 2 is 1.76 bits per heavy atom. The normalized spacial score (nSPS) is 13.1. The Morgan fingerprint density at radius 3 is 2.24 bits per heavy atom. The molecule has 94 valence electrons. The fraction of sp³-hybridized carbons (Fsp3) is 0.533. The van der Waals surface area contributed by atoms with Crippen LogP contribution in [0, 0.1) is 0 Å². The highest BCUT2D eigenvalue weighted by atomic mass is 16.1. The second-order valence-corrected chi connectivity index (χ2v) is 4.74. The molecule has 0 fully saturated rings. The van der Waals surface area contributed by atoms with E-state index in [2.05, 4.69) is 25.7 Å². The lowest BCUT2D eigenvalue weighted by Crippen LogP contribution is -2.43. The van der Waals surface area contributed by atoms with E-state index in [4.69, 9.17) is 0 Å². The molecule has 1 rings (SSSR count). The fourth-order valence-corrected chi connectivity index (χ4v) is 2.15. The van der Waals surface area contributed by atoms with Crippen molar-refractivity contribution in [3.63, 3.8) is 0 Å². The molecule has 0 aliphatic heterocycles. The number of Topliss-reactive ketones (excluding diaryl/α,β-unsaturated/α-hetero) is 1. The summed E-state index contributed by atoms with van der Waals surface area (Å²) < 4.78 is 0. The molecule has 1 unspecified atom stereocenters. The van der Waals surface area contributed by atoms with Crippen LogP contribution in [0.15, 0.2) is 30.3 Å². The van der Waals surface area contributed by atoms with Gasteiger partial charge in [0.25, 0.3) is 0 Å². The smallest absolute Gasteiger partial charge is 0.179 e. The van der Waals surface area contributed by atoms with Crippen molar-refractivity contribution in [3.8, 4) is 0 Å². The van der Waals surface area contributed by atoms with Gasteiger partial charge in [-0.15, -0.1) is 0 Å². The molecular weight excluding hydrogens is 210 g/mol. The molecule has 0 N–H and O–H groups in total. The highest BCUT2D eigenvalue weighted by molar-refractivity contribution is 5.99. The Bertz CT molecular complexity index is 345. The lowest BCUT2D eigenvalue weighted by atomic mass is 10.0. The predicted octanol–water partition coefficient (Wildman–Crippen LogP) is 3.38. The molecule has 1 aromatic carbocycles. The summed E-state index contributed by atoms with van der Waals surface area (Å²) in [6.45, 7) is 9.41. The number of benzene rings is 1. The Balaban J connectivity index is 2.80. The summed E-state index contributed by atoms with van der Waals surface area (Å²) in [5.41, 5.74) is 0.807. The van der Waals surface area contributed by atoms with Gasteiger partial charge in [-0.05, 0) is 33.7 Å². The van der Waals surface area contributed by atoms with Gasteiger partial charge in [0.2, 0.25) is 0 Å². The van der Waals surface area contributed by atoms with Crippen molar-refractivity contribution >= 4 is 5.78 Å². The Morgan fingerprint density at radius 1 is 1.18 bits per heavy atom. The third kappa shape index (κ3) is 3.67. The van der Waals surface area contributed by atoms with Crippen LogP contribution in [0.1, 0.15) is 44.5 Å². The Kier molecular flexibility index (Phi) is 5.36. The van der Waals surface area contributed by atoms with E-state index in [9.17, 15) is 4.79 Å². The van der Waals surface area contributed by atoms with Crippen molar-refractivity contribution < 1.29 is 4.79 Å². The molecule has 0 aliphatic carbocycles. The minimum atomic E-state index is -0.0441. The quantitative estimate of drug-likeness (QED) is 0.702. The molecule has 2 nitrogen and oxygen atoms in total. The van der Waals surface area contributed by atoms with Crippen molar-refractivity contribution in [2.24, 2.45) is 0 Å². The number of ketones is 1. The van der Waals surface area contributed by atoms with Crippen molar-refractivity contribution in [2.45, 2.75) is 46.2 Å². The zero-order valence-corrected chi connectivity index (χ0v) is 11.3. The lowest BCUT2D eigenvalue weighted by Gasteiger charge is -2.31. The van der Waals surface area contributed by atoms with Gasteiger partial charge in [0.05, 0.1) is 6.04 Å². The van der Waals surface area contributed by atoms with Crippen LogP contribution in [0.3, 0.4) is 0 Å². The summed E-state index contributed by atoms with van der Waals surface area (Å²) >= 11 is 0. The van der Waals surface area contributed by atoms with Crippen LogP contribution in [-0.4, -0.2) is 29.3 Å². The summed E-state index contributed by atoms with van der Waals surface area (Å²) in [4.78, 5) is 14.6. The van der Waals surface area contributed by atoms with E-state index in [0.717, 1.165) is 18.5 Å². The van der Waals surface area contributed by atoms with Gasteiger partial charge in [0.1, 0.15) is 0 Å². The average Bonchev–Trinajstić information content (AvgIpc) is 2.35. The zero-order valence-electron chi connectivity index (χ0n) is 11.3. The molecule has 0 saturated heterocycles. The lowest BCUT2D eigenvalue weighted by molar-refractivity contribution is 0.0789. The van der Waals surface area contributed by atoms with Gasteiger partial charge >= 0.3 is 0 Å². The molecule has 17 heavy (non-hydrogen) atoms. The van der Waals surface area contributed by atoms with Gasteiger partial charge in [-0.25, -0.2) is 0 Å². The maximum atomic E-state index is 12.3. The summed E-state index contributed by atoms with van der Waals surface area (Å²) in [6, 6.07) is 9.91. The number of hydrogen-bond donors (Lipinski definition) is 0. The minimum Gasteiger partial charge on any atom is -0.292 e.